The van der Waals surface area contributed by atoms with Crippen molar-refractivity contribution in [2.75, 3.05) is 0 Å². The smallest absolute Gasteiger partial charge is 0.289 e. The van der Waals surface area contributed by atoms with Gasteiger partial charge in [-0.25, -0.2) is 0 Å². The van der Waals surface area contributed by atoms with Crippen LogP contribution in [0.1, 0.15) is 21.5 Å². The first-order valence-corrected chi connectivity index (χ1v) is 5.90. The molecule has 0 N–H and O–H groups in total. The van der Waals surface area contributed by atoms with Gasteiger partial charge in [0.15, 0.2) is 5.78 Å². The van der Waals surface area contributed by atoms with Crippen LogP contribution < -0.4 is 0 Å². The van der Waals surface area contributed by atoms with Gasteiger partial charge in [0, 0.05) is 16.7 Å². The highest BCUT2D eigenvalue weighted by atomic mass is 19.3. The Hall–Kier alpha value is -2.29. The Balaban J connectivity index is 2.22. The predicted molar refractivity (Wildman–Crippen MR) is 69.1 cm³/mol. The Morgan fingerprint density at radius 2 is 1.47 bits per heavy atom. The van der Waals surface area contributed by atoms with Gasteiger partial charge in [-0.2, -0.15) is 8.78 Å². The Bertz CT molecular complexity index is 672. The highest BCUT2D eigenvalue weighted by Crippen LogP contribution is 2.45. The van der Waals surface area contributed by atoms with Crippen LogP contribution in [0.25, 0.3) is 5.57 Å². The minimum absolute atomic E-state index is 0.0761. The summed E-state index contributed by atoms with van der Waals surface area (Å²) < 4.78 is 29.0. The summed E-state index contributed by atoms with van der Waals surface area (Å²) in [7, 11) is 0. The van der Waals surface area contributed by atoms with Crippen LogP contribution >= 0.6 is 0 Å². The van der Waals surface area contributed by atoms with Crippen LogP contribution in [0.15, 0.2) is 60.7 Å². The first-order valence-electron chi connectivity index (χ1n) is 5.90. The molecule has 2 aromatic rings. The van der Waals surface area contributed by atoms with Crippen molar-refractivity contribution in [3.05, 3.63) is 77.4 Å². The summed E-state index contributed by atoms with van der Waals surface area (Å²) in [5.41, 5.74) is -0.0133. The molecule has 3 rings (SSSR count). The van der Waals surface area contributed by atoms with Gasteiger partial charge in [-0.1, -0.05) is 54.6 Å². The lowest BCUT2D eigenvalue weighted by molar-refractivity contribution is 0.0596. The Kier molecular flexibility index (Phi) is 2.56. The second kappa shape index (κ2) is 4.12. The van der Waals surface area contributed by atoms with Gasteiger partial charge < -0.3 is 0 Å². The summed E-state index contributed by atoms with van der Waals surface area (Å²) in [5.74, 6) is -3.52. The molecule has 19 heavy (non-hydrogen) atoms. The van der Waals surface area contributed by atoms with Crippen molar-refractivity contribution in [2.45, 2.75) is 5.92 Å². The van der Waals surface area contributed by atoms with Gasteiger partial charge in [0.25, 0.3) is 5.92 Å². The van der Waals surface area contributed by atoms with Crippen LogP contribution in [0.2, 0.25) is 0 Å². The van der Waals surface area contributed by atoms with Gasteiger partial charge >= 0.3 is 0 Å². The van der Waals surface area contributed by atoms with E-state index < -0.39 is 5.92 Å². The van der Waals surface area contributed by atoms with Crippen LogP contribution in [-0.4, -0.2) is 5.78 Å². The van der Waals surface area contributed by atoms with E-state index in [1.165, 1.54) is 18.2 Å². The van der Waals surface area contributed by atoms with Gasteiger partial charge in [-0.15, -0.1) is 0 Å². The molecule has 0 heterocycles. The molecule has 0 atom stereocenters. The van der Waals surface area contributed by atoms with E-state index in [1.54, 1.807) is 36.4 Å². The number of hydrogen-bond donors (Lipinski definition) is 0. The zero-order valence-corrected chi connectivity index (χ0v) is 9.94. The van der Waals surface area contributed by atoms with Crippen molar-refractivity contribution >= 4 is 11.4 Å². The maximum Gasteiger partial charge on any atom is 0.299 e. The third-order valence-corrected chi connectivity index (χ3v) is 3.23. The number of hydrogen-bond acceptors (Lipinski definition) is 1. The predicted octanol–water partition coefficient (Wildman–Crippen LogP) is 4.06. The SMILES string of the molecule is O=C1C=C(c2ccccc2)C(F)(F)c2ccccc21. The number of rotatable bonds is 1. The van der Waals surface area contributed by atoms with Crippen molar-refractivity contribution in [1.82, 2.24) is 0 Å². The van der Waals surface area contributed by atoms with E-state index in [-0.39, 0.29) is 22.5 Å². The van der Waals surface area contributed by atoms with E-state index in [0.717, 1.165) is 6.08 Å². The number of benzene rings is 2. The fraction of sp³-hybridized carbons (Fsp3) is 0.0625. The highest BCUT2D eigenvalue weighted by molar-refractivity contribution is 6.13. The summed E-state index contributed by atoms with van der Waals surface area (Å²) in [5, 5.41) is 0. The van der Waals surface area contributed by atoms with Crippen LogP contribution in [-0.2, 0) is 5.92 Å². The first kappa shape index (κ1) is 11.8. The first-order chi connectivity index (χ1) is 9.10. The van der Waals surface area contributed by atoms with Gasteiger partial charge in [0.2, 0.25) is 0 Å². The molecule has 0 radical (unpaired) electrons. The van der Waals surface area contributed by atoms with Gasteiger partial charge in [0.05, 0.1) is 0 Å². The Morgan fingerprint density at radius 1 is 0.842 bits per heavy atom. The van der Waals surface area contributed by atoms with Crippen LogP contribution in [0, 0.1) is 0 Å². The van der Waals surface area contributed by atoms with Gasteiger partial charge in [-0.3, -0.25) is 4.79 Å². The number of allylic oxidation sites excluding steroid dienone is 2. The molecular weight excluding hydrogens is 246 g/mol. The topological polar surface area (TPSA) is 17.1 Å². The van der Waals surface area contributed by atoms with Gasteiger partial charge in [0.1, 0.15) is 0 Å². The molecule has 3 heteroatoms. The molecule has 0 amide bonds. The monoisotopic (exact) mass is 256 g/mol. The van der Waals surface area contributed by atoms with Crippen molar-refractivity contribution in [3.63, 3.8) is 0 Å². The zero-order valence-electron chi connectivity index (χ0n) is 9.94. The summed E-state index contributed by atoms with van der Waals surface area (Å²) in [6.07, 6.45) is 1.04. The average molecular weight is 256 g/mol. The second-order valence-corrected chi connectivity index (χ2v) is 4.41. The van der Waals surface area contributed by atoms with Crippen molar-refractivity contribution in [3.8, 4) is 0 Å². The van der Waals surface area contributed by atoms with E-state index in [9.17, 15) is 13.6 Å². The van der Waals surface area contributed by atoms with E-state index in [0.29, 0.717) is 5.56 Å². The van der Waals surface area contributed by atoms with Crippen LogP contribution in [0.4, 0.5) is 8.78 Å². The Morgan fingerprint density at radius 3 is 2.21 bits per heavy atom. The van der Waals surface area contributed by atoms with Crippen molar-refractivity contribution in [1.29, 1.82) is 0 Å². The lowest BCUT2D eigenvalue weighted by atomic mass is 9.84. The van der Waals surface area contributed by atoms with Gasteiger partial charge in [-0.05, 0) is 11.6 Å². The lowest BCUT2D eigenvalue weighted by Crippen LogP contribution is -2.24. The number of carbonyl (C=O) groups excluding carboxylic acids is 1. The van der Waals surface area contributed by atoms with Crippen molar-refractivity contribution < 1.29 is 13.6 Å². The minimum atomic E-state index is -3.15. The average Bonchev–Trinajstić information content (AvgIpc) is 2.44. The summed E-state index contributed by atoms with van der Waals surface area (Å²) in [6, 6.07) is 14.1. The van der Waals surface area contributed by atoms with Crippen molar-refractivity contribution in [2.24, 2.45) is 0 Å². The normalized spacial score (nSPS) is 16.7. The summed E-state index contributed by atoms with van der Waals surface area (Å²) >= 11 is 0. The van der Waals surface area contributed by atoms with Crippen LogP contribution in [0.3, 0.4) is 0 Å². The molecule has 0 spiro atoms. The number of carbonyl (C=O) groups is 1. The second-order valence-electron chi connectivity index (χ2n) is 4.41. The number of fused-ring (bicyclic) bond motifs is 1. The molecule has 0 unspecified atom stereocenters. The third-order valence-electron chi connectivity index (χ3n) is 3.23. The fourth-order valence-electron chi connectivity index (χ4n) is 2.30. The molecule has 94 valence electrons. The van der Waals surface area contributed by atoms with Crippen LogP contribution in [0.5, 0.6) is 0 Å². The van der Waals surface area contributed by atoms with E-state index >= 15 is 0 Å². The largest absolute Gasteiger partial charge is 0.299 e. The maximum absolute atomic E-state index is 14.5. The number of halogens is 2. The highest BCUT2D eigenvalue weighted by Gasteiger charge is 2.43. The lowest BCUT2D eigenvalue weighted by Gasteiger charge is -2.26. The Labute approximate surface area is 109 Å². The van der Waals surface area contributed by atoms with E-state index in [4.69, 9.17) is 0 Å². The molecule has 1 aliphatic rings. The molecule has 1 aliphatic carbocycles. The minimum Gasteiger partial charge on any atom is -0.289 e. The quantitative estimate of drug-likeness (QED) is 0.752. The maximum atomic E-state index is 14.5. The summed E-state index contributed by atoms with van der Waals surface area (Å²) in [6.45, 7) is 0. The molecular formula is C16H10F2O. The standard InChI is InChI=1S/C16H10F2O/c17-16(18)13-9-5-4-8-12(13)15(19)10-14(16)11-6-2-1-3-7-11/h1-10H. The molecule has 0 saturated carbocycles. The zero-order chi connectivity index (χ0) is 13.5. The molecule has 0 fully saturated rings. The molecule has 0 bridgehead atoms. The molecule has 0 saturated heterocycles. The molecule has 0 aliphatic heterocycles. The summed E-state index contributed by atoms with van der Waals surface area (Å²) in [4.78, 5) is 11.9. The number of ketones is 1. The third kappa shape index (κ3) is 1.78. The van der Waals surface area contributed by atoms with E-state index in [2.05, 4.69) is 0 Å². The molecule has 2 aromatic carbocycles. The molecule has 1 nitrogen and oxygen atoms in total. The fourth-order valence-corrected chi connectivity index (χ4v) is 2.30. The molecule has 0 aromatic heterocycles. The van der Waals surface area contributed by atoms with E-state index in [1.807, 2.05) is 0 Å². The number of alkyl halides is 2.